The summed E-state index contributed by atoms with van der Waals surface area (Å²) in [6, 6.07) is 0. The first-order chi connectivity index (χ1) is 8.70. The summed E-state index contributed by atoms with van der Waals surface area (Å²) in [5.74, 6) is 0.511. The van der Waals surface area contributed by atoms with Gasteiger partial charge >= 0.3 is 0 Å². The van der Waals surface area contributed by atoms with Crippen molar-refractivity contribution < 1.29 is 9.53 Å². The fourth-order valence-electron chi connectivity index (χ4n) is 1.93. The monoisotopic (exact) mass is 250 g/mol. The van der Waals surface area contributed by atoms with Crippen molar-refractivity contribution in [2.45, 2.75) is 19.4 Å². The third-order valence-corrected chi connectivity index (χ3v) is 2.85. The SMILES string of the molecule is CNc1cncc(C(=O)N2CCCOC(C)C2)n1. The van der Waals surface area contributed by atoms with Gasteiger partial charge in [-0.2, -0.15) is 0 Å². The number of anilines is 1. The van der Waals surface area contributed by atoms with Crippen molar-refractivity contribution in [2.24, 2.45) is 0 Å². The fraction of sp³-hybridized carbons (Fsp3) is 0.583. The zero-order valence-electron chi connectivity index (χ0n) is 10.7. The van der Waals surface area contributed by atoms with Crippen molar-refractivity contribution in [1.82, 2.24) is 14.9 Å². The number of hydrogen-bond donors (Lipinski definition) is 1. The van der Waals surface area contributed by atoms with E-state index in [9.17, 15) is 4.79 Å². The first-order valence-corrected chi connectivity index (χ1v) is 6.11. The van der Waals surface area contributed by atoms with Crippen molar-refractivity contribution in [3.8, 4) is 0 Å². The minimum Gasteiger partial charge on any atom is -0.377 e. The van der Waals surface area contributed by atoms with E-state index >= 15 is 0 Å². The predicted molar refractivity (Wildman–Crippen MR) is 67.5 cm³/mol. The largest absolute Gasteiger partial charge is 0.377 e. The van der Waals surface area contributed by atoms with Crippen LogP contribution in [0.5, 0.6) is 0 Å². The van der Waals surface area contributed by atoms with E-state index in [4.69, 9.17) is 4.74 Å². The highest BCUT2D eigenvalue weighted by molar-refractivity contribution is 5.92. The molecule has 1 fully saturated rings. The van der Waals surface area contributed by atoms with Gasteiger partial charge in [0.15, 0.2) is 0 Å². The standard InChI is InChI=1S/C12H18N4O2/c1-9-8-16(4-3-5-18-9)12(17)10-6-14-7-11(13-2)15-10/h6-7,9H,3-5,8H2,1-2H3,(H,13,15). The average Bonchev–Trinajstić information content (AvgIpc) is 2.62. The van der Waals surface area contributed by atoms with Gasteiger partial charge in [0.25, 0.3) is 5.91 Å². The van der Waals surface area contributed by atoms with Gasteiger partial charge in [0.05, 0.1) is 18.5 Å². The number of aromatic nitrogens is 2. The van der Waals surface area contributed by atoms with Gasteiger partial charge in [-0.3, -0.25) is 9.78 Å². The molecule has 0 aliphatic carbocycles. The van der Waals surface area contributed by atoms with E-state index in [0.717, 1.165) is 6.42 Å². The molecule has 1 amide bonds. The number of nitrogens with zero attached hydrogens (tertiary/aromatic N) is 3. The quantitative estimate of drug-likeness (QED) is 0.839. The minimum absolute atomic E-state index is 0.0666. The Bertz CT molecular complexity index is 424. The van der Waals surface area contributed by atoms with Crippen LogP contribution < -0.4 is 5.32 Å². The second-order valence-corrected chi connectivity index (χ2v) is 4.33. The number of carbonyl (C=O) groups excluding carboxylic acids is 1. The second kappa shape index (κ2) is 5.77. The molecule has 2 heterocycles. The van der Waals surface area contributed by atoms with Crippen LogP contribution in [0.1, 0.15) is 23.8 Å². The lowest BCUT2D eigenvalue weighted by atomic mass is 10.3. The number of amides is 1. The lowest BCUT2D eigenvalue weighted by Gasteiger charge is -2.21. The second-order valence-electron chi connectivity index (χ2n) is 4.33. The van der Waals surface area contributed by atoms with E-state index in [0.29, 0.717) is 31.2 Å². The van der Waals surface area contributed by atoms with Crippen LogP contribution in [0.25, 0.3) is 0 Å². The molecular formula is C12H18N4O2. The average molecular weight is 250 g/mol. The summed E-state index contributed by atoms with van der Waals surface area (Å²) in [7, 11) is 1.75. The van der Waals surface area contributed by atoms with E-state index < -0.39 is 0 Å². The van der Waals surface area contributed by atoms with Crippen molar-refractivity contribution in [3.05, 3.63) is 18.1 Å². The topological polar surface area (TPSA) is 67.4 Å². The van der Waals surface area contributed by atoms with E-state index in [1.165, 1.54) is 6.20 Å². The van der Waals surface area contributed by atoms with Gasteiger partial charge in [-0.25, -0.2) is 4.98 Å². The third-order valence-electron chi connectivity index (χ3n) is 2.85. The molecule has 1 aliphatic rings. The molecule has 98 valence electrons. The molecule has 1 aromatic heterocycles. The molecule has 1 N–H and O–H groups in total. The molecule has 0 aromatic carbocycles. The molecule has 1 saturated heterocycles. The van der Waals surface area contributed by atoms with Crippen LogP contribution in [-0.4, -0.2) is 53.6 Å². The molecule has 0 radical (unpaired) electrons. The number of rotatable bonds is 2. The van der Waals surface area contributed by atoms with Crippen LogP contribution in [0.3, 0.4) is 0 Å². The lowest BCUT2D eigenvalue weighted by Crippen LogP contribution is -2.36. The van der Waals surface area contributed by atoms with Crippen molar-refractivity contribution >= 4 is 11.7 Å². The van der Waals surface area contributed by atoms with Crippen LogP contribution in [0, 0.1) is 0 Å². The van der Waals surface area contributed by atoms with Gasteiger partial charge < -0.3 is 15.0 Å². The first-order valence-electron chi connectivity index (χ1n) is 6.11. The lowest BCUT2D eigenvalue weighted by molar-refractivity contribution is 0.0559. The zero-order valence-corrected chi connectivity index (χ0v) is 10.7. The number of carbonyl (C=O) groups is 1. The van der Waals surface area contributed by atoms with E-state index in [2.05, 4.69) is 15.3 Å². The van der Waals surface area contributed by atoms with Gasteiger partial charge in [-0.05, 0) is 13.3 Å². The Hall–Kier alpha value is -1.69. The highest BCUT2D eigenvalue weighted by atomic mass is 16.5. The van der Waals surface area contributed by atoms with Gasteiger partial charge in [-0.1, -0.05) is 0 Å². The first kappa shape index (κ1) is 12.8. The Morgan fingerprint density at radius 2 is 2.39 bits per heavy atom. The maximum Gasteiger partial charge on any atom is 0.274 e. The molecule has 18 heavy (non-hydrogen) atoms. The molecule has 1 unspecified atom stereocenters. The smallest absolute Gasteiger partial charge is 0.274 e. The van der Waals surface area contributed by atoms with Crippen LogP contribution in [-0.2, 0) is 4.74 Å². The van der Waals surface area contributed by atoms with Gasteiger partial charge in [0.1, 0.15) is 11.5 Å². The van der Waals surface area contributed by atoms with Gasteiger partial charge in [0, 0.05) is 26.7 Å². The molecule has 1 aliphatic heterocycles. The third kappa shape index (κ3) is 2.95. The Kier molecular flexibility index (Phi) is 4.09. The van der Waals surface area contributed by atoms with Crippen molar-refractivity contribution in [2.75, 3.05) is 32.1 Å². The van der Waals surface area contributed by atoms with Crippen LogP contribution in [0.4, 0.5) is 5.82 Å². The summed E-state index contributed by atoms with van der Waals surface area (Å²) < 4.78 is 5.52. The number of ether oxygens (including phenoxy) is 1. The molecule has 1 aromatic rings. The molecule has 0 saturated carbocycles. The summed E-state index contributed by atoms with van der Waals surface area (Å²) in [5, 5.41) is 2.88. The number of hydrogen-bond acceptors (Lipinski definition) is 5. The zero-order chi connectivity index (χ0) is 13.0. The predicted octanol–water partition coefficient (Wildman–Crippen LogP) is 0.769. The molecule has 6 nitrogen and oxygen atoms in total. The maximum atomic E-state index is 12.3. The van der Waals surface area contributed by atoms with E-state index in [-0.39, 0.29) is 12.0 Å². The van der Waals surface area contributed by atoms with Gasteiger partial charge in [-0.15, -0.1) is 0 Å². The van der Waals surface area contributed by atoms with Crippen molar-refractivity contribution in [3.63, 3.8) is 0 Å². The highest BCUT2D eigenvalue weighted by Crippen LogP contribution is 2.10. The summed E-state index contributed by atoms with van der Waals surface area (Å²) in [4.78, 5) is 22.3. The number of nitrogens with one attached hydrogen (secondary N) is 1. The fourth-order valence-corrected chi connectivity index (χ4v) is 1.93. The normalized spacial score (nSPS) is 20.3. The van der Waals surface area contributed by atoms with Gasteiger partial charge in [0.2, 0.25) is 0 Å². The van der Waals surface area contributed by atoms with Crippen LogP contribution in [0.15, 0.2) is 12.4 Å². The molecule has 6 heteroatoms. The molecule has 0 spiro atoms. The molecular weight excluding hydrogens is 232 g/mol. The highest BCUT2D eigenvalue weighted by Gasteiger charge is 2.22. The minimum atomic E-state index is -0.0862. The Balaban J connectivity index is 2.13. The van der Waals surface area contributed by atoms with Crippen LogP contribution in [0.2, 0.25) is 0 Å². The van der Waals surface area contributed by atoms with E-state index in [1.54, 1.807) is 18.1 Å². The summed E-state index contributed by atoms with van der Waals surface area (Å²) in [6.45, 7) is 3.98. The molecule has 2 rings (SSSR count). The van der Waals surface area contributed by atoms with Crippen LogP contribution >= 0.6 is 0 Å². The Morgan fingerprint density at radius 1 is 1.56 bits per heavy atom. The summed E-state index contributed by atoms with van der Waals surface area (Å²) in [5.41, 5.74) is 0.371. The Morgan fingerprint density at radius 3 is 3.17 bits per heavy atom. The van der Waals surface area contributed by atoms with E-state index in [1.807, 2.05) is 6.92 Å². The molecule has 0 bridgehead atoms. The summed E-state index contributed by atoms with van der Waals surface area (Å²) >= 11 is 0. The summed E-state index contributed by atoms with van der Waals surface area (Å²) in [6.07, 6.45) is 4.01. The van der Waals surface area contributed by atoms with Crippen molar-refractivity contribution in [1.29, 1.82) is 0 Å². The Labute approximate surface area is 106 Å². The maximum absolute atomic E-state index is 12.3. The molecule has 1 atom stereocenters.